The number of hydrogen-bond acceptors (Lipinski definition) is 5. The minimum Gasteiger partial charge on any atom is -0.491 e. The molecule has 1 aromatic rings. The molecule has 0 saturated carbocycles. The van der Waals surface area contributed by atoms with Crippen LogP contribution in [0.1, 0.15) is 39.7 Å². The Morgan fingerprint density at radius 2 is 1.84 bits per heavy atom. The van der Waals surface area contributed by atoms with Gasteiger partial charge in [0.25, 0.3) is 5.91 Å². The first-order chi connectivity index (χ1) is 11.8. The van der Waals surface area contributed by atoms with Crippen molar-refractivity contribution in [2.75, 3.05) is 13.2 Å². The van der Waals surface area contributed by atoms with Crippen molar-refractivity contribution in [1.29, 1.82) is 0 Å². The van der Waals surface area contributed by atoms with Crippen LogP contribution in [-0.2, 0) is 19.9 Å². The van der Waals surface area contributed by atoms with Crippen molar-refractivity contribution < 1.29 is 23.9 Å². The van der Waals surface area contributed by atoms with E-state index in [0.29, 0.717) is 17.7 Å². The molecule has 25 heavy (non-hydrogen) atoms. The fraction of sp³-hybridized carbons (Fsp3) is 0.500. The zero-order valence-electron chi connectivity index (χ0n) is 15.0. The maximum Gasteiger partial charge on any atom is 0.326 e. The smallest absolute Gasteiger partial charge is 0.326 e. The molecule has 7 heteroatoms. The number of carbonyl (C=O) groups excluding carboxylic acids is 3. The van der Waals surface area contributed by atoms with Crippen LogP contribution in [0, 0.1) is 0 Å². The maximum absolute atomic E-state index is 12.9. The molecule has 7 nitrogen and oxygen atoms in total. The highest BCUT2D eigenvalue weighted by molar-refractivity contribution is 6.09. The van der Waals surface area contributed by atoms with Crippen LogP contribution in [0.2, 0.25) is 0 Å². The Kier molecular flexibility index (Phi) is 5.66. The first-order valence-electron chi connectivity index (χ1n) is 8.41. The summed E-state index contributed by atoms with van der Waals surface area (Å²) in [5.41, 5.74) is -0.532. The molecule has 1 fully saturated rings. The molecule has 1 saturated heterocycles. The van der Waals surface area contributed by atoms with E-state index >= 15 is 0 Å². The van der Waals surface area contributed by atoms with Gasteiger partial charge < -0.3 is 14.8 Å². The molecule has 3 amide bonds. The van der Waals surface area contributed by atoms with E-state index in [2.05, 4.69) is 5.32 Å². The van der Waals surface area contributed by atoms with Gasteiger partial charge in [-0.2, -0.15) is 0 Å². The summed E-state index contributed by atoms with van der Waals surface area (Å²) in [4.78, 5) is 37.7. The highest BCUT2D eigenvalue weighted by atomic mass is 16.5. The minimum absolute atomic E-state index is 0.0406. The minimum atomic E-state index is -1.18. The number of nitrogens with zero attached hydrogens (tertiary/aromatic N) is 1. The molecular formula is C18H24N2O5. The molecule has 136 valence electrons. The van der Waals surface area contributed by atoms with E-state index in [1.165, 1.54) is 0 Å². The van der Waals surface area contributed by atoms with E-state index in [0.717, 1.165) is 4.90 Å². The lowest BCUT2D eigenvalue weighted by atomic mass is 9.87. The molecule has 0 spiro atoms. The van der Waals surface area contributed by atoms with E-state index < -0.39 is 30.0 Å². The number of imide groups is 1. The summed E-state index contributed by atoms with van der Waals surface area (Å²) >= 11 is 0. The predicted octanol–water partition coefficient (Wildman–Crippen LogP) is 2.19. The molecule has 0 bridgehead atoms. The van der Waals surface area contributed by atoms with Gasteiger partial charge in [0, 0.05) is 0 Å². The molecule has 0 aromatic heterocycles. The third-order valence-corrected chi connectivity index (χ3v) is 4.02. The Morgan fingerprint density at radius 3 is 2.36 bits per heavy atom. The summed E-state index contributed by atoms with van der Waals surface area (Å²) in [5.74, 6) is -0.380. The first kappa shape index (κ1) is 18.8. The molecule has 1 unspecified atom stereocenters. The number of benzene rings is 1. The van der Waals surface area contributed by atoms with E-state index in [4.69, 9.17) is 9.47 Å². The average molecular weight is 348 g/mol. The van der Waals surface area contributed by atoms with E-state index in [1.54, 1.807) is 31.2 Å². The molecule has 1 aromatic carbocycles. The number of rotatable bonds is 7. The van der Waals surface area contributed by atoms with Crippen LogP contribution < -0.4 is 10.1 Å². The van der Waals surface area contributed by atoms with Crippen LogP contribution in [0.5, 0.6) is 5.75 Å². The summed E-state index contributed by atoms with van der Waals surface area (Å²) in [6, 6.07) is 6.45. The fourth-order valence-electron chi connectivity index (χ4n) is 2.84. The second-order valence-electron chi connectivity index (χ2n) is 6.08. The molecule has 0 radical (unpaired) electrons. The van der Waals surface area contributed by atoms with Crippen molar-refractivity contribution >= 4 is 17.9 Å². The summed E-state index contributed by atoms with van der Waals surface area (Å²) in [6.45, 7) is 7.13. The maximum atomic E-state index is 12.9. The van der Waals surface area contributed by atoms with Crippen molar-refractivity contribution in [3.05, 3.63) is 29.8 Å². The van der Waals surface area contributed by atoms with Crippen LogP contribution in [0.3, 0.4) is 0 Å². The van der Waals surface area contributed by atoms with Gasteiger partial charge in [0.2, 0.25) is 0 Å². The van der Waals surface area contributed by atoms with E-state index in [1.807, 2.05) is 20.8 Å². The lowest BCUT2D eigenvalue weighted by Crippen LogP contribution is -2.44. The number of hydrogen-bond donors (Lipinski definition) is 1. The monoisotopic (exact) mass is 348 g/mol. The summed E-state index contributed by atoms with van der Waals surface area (Å²) in [5, 5.41) is 2.73. The van der Waals surface area contributed by atoms with Crippen LogP contribution in [-0.4, -0.2) is 42.1 Å². The normalized spacial score (nSPS) is 20.0. The molecule has 1 heterocycles. The van der Waals surface area contributed by atoms with Crippen molar-refractivity contribution in [1.82, 2.24) is 10.2 Å². The van der Waals surface area contributed by atoms with Gasteiger partial charge >= 0.3 is 12.0 Å². The number of esters is 1. The Balaban J connectivity index is 2.26. The van der Waals surface area contributed by atoms with Crippen molar-refractivity contribution in [2.24, 2.45) is 0 Å². The molecule has 2 rings (SSSR count). The van der Waals surface area contributed by atoms with Crippen LogP contribution in [0.4, 0.5) is 4.79 Å². The van der Waals surface area contributed by atoms with Gasteiger partial charge in [-0.05, 0) is 44.9 Å². The zero-order chi connectivity index (χ0) is 18.6. The number of ether oxygens (including phenoxy) is 2. The summed E-state index contributed by atoms with van der Waals surface area (Å²) < 4.78 is 10.4. The Morgan fingerprint density at radius 1 is 1.20 bits per heavy atom. The van der Waals surface area contributed by atoms with Gasteiger partial charge in [0.05, 0.1) is 12.7 Å². The van der Waals surface area contributed by atoms with Gasteiger partial charge in [0.15, 0.2) is 0 Å². The third kappa shape index (κ3) is 3.75. The van der Waals surface area contributed by atoms with Crippen LogP contribution >= 0.6 is 0 Å². The lowest BCUT2D eigenvalue weighted by Gasteiger charge is -2.26. The Labute approximate surface area is 147 Å². The predicted molar refractivity (Wildman–Crippen MR) is 91.1 cm³/mol. The average Bonchev–Trinajstić information content (AvgIpc) is 2.80. The molecule has 1 atom stereocenters. The topological polar surface area (TPSA) is 84.9 Å². The summed E-state index contributed by atoms with van der Waals surface area (Å²) in [6.07, 6.45) is 0.403. The zero-order valence-corrected chi connectivity index (χ0v) is 15.0. The largest absolute Gasteiger partial charge is 0.491 e. The molecular weight excluding hydrogens is 324 g/mol. The van der Waals surface area contributed by atoms with E-state index in [-0.39, 0.29) is 12.7 Å². The SMILES string of the molecule is CCOC(=O)CN1C(=O)NC(CC)(c2ccc(OC(C)C)cc2)C1=O. The van der Waals surface area contributed by atoms with Crippen LogP contribution in [0.25, 0.3) is 0 Å². The summed E-state index contributed by atoms with van der Waals surface area (Å²) in [7, 11) is 0. The number of amides is 3. The molecule has 1 aliphatic rings. The molecule has 1 N–H and O–H groups in total. The van der Waals surface area contributed by atoms with Gasteiger partial charge in [-0.3, -0.25) is 14.5 Å². The van der Waals surface area contributed by atoms with E-state index in [9.17, 15) is 14.4 Å². The van der Waals surface area contributed by atoms with Crippen molar-refractivity contribution in [3.63, 3.8) is 0 Å². The third-order valence-electron chi connectivity index (χ3n) is 4.02. The highest BCUT2D eigenvalue weighted by Crippen LogP contribution is 2.33. The Bertz CT molecular complexity index is 656. The molecule has 0 aliphatic carbocycles. The van der Waals surface area contributed by atoms with Crippen molar-refractivity contribution in [3.8, 4) is 5.75 Å². The first-order valence-corrected chi connectivity index (χ1v) is 8.41. The fourth-order valence-corrected chi connectivity index (χ4v) is 2.84. The lowest BCUT2D eigenvalue weighted by molar-refractivity contribution is -0.147. The standard InChI is InChI=1S/C18H24N2O5/c1-5-18(13-7-9-14(10-8-13)25-12(3)4)16(22)20(17(23)19-18)11-15(21)24-6-2/h7-10,12H,5-6,11H2,1-4H3,(H,19,23). The number of urea groups is 1. The van der Waals surface area contributed by atoms with Gasteiger partial charge in [-0.25, -0.2) is 4.79 Å². The molecule has 1 aliphatic heterocycles. The second kappa shape index (κ2) is 7.55. The highest BCUT2D eigenvalue weighted by Gasteiger charge is 2.51. The van der Waals surface area contributed by atoms with Crippen LogP contribution in [0.15, 0.2) is 24.3 Å². The van der Waals surface area contributed by atoms with Crippen molar-refractivity contribution in [2.45, 2.75) is 45.8 Å². The van der Waals surface area contributed by atoms with Gasteiger partial charge in [-0.1, -0.05) is 19.1 Å². The van der Waals surface area contributed by atoms with Gasteiger partial charge in [-0.15, -0.1) is 0 Å². The quantitative estimate of drug-likeness (QED) is 0.603. The Hall–Kier alpha value is -2.57. The number of carbonyl (C=O) groups is 3. The second-order valence-corrected chi connectivity index (χ2v) is 6.08. The number of nitrogens with one attached hydrogen (secondary N) is 1. The van der Waals surface area contributed by atoms with Gasteiger partial charge in [0.1, 0.15) is 17.8 Å².